The van der Waals surface area contributed by atoms with Crippen LogP contribution in [0.5, 0.6) is 0 Å². The Morgan fingerprint density at radius 3 is 2.08 bits per heavy atom. The molecule has 0 radical (unpaired) electrons. The number of nitrogens with one attached hydrogen (secondary N) is 2. The van der Waals surface area contributed by atoms with Crippen LogP contribution in [0.25, 0.3) is 5.83 Å². The predicted molar refractivity (Wildman–Crippen MR) is 135 cm³/mol. The Labute approximate surface area is 234 Å². The Kier molecular flexibility index (Phi) is 10.5. The first-order chi connectivity index (χ1) is 16.9. The number of carbonyl (C=O) groups is 2. The van der Waals surface area contributed by atoms with Crippen LogP contribution >= 0.6 is 57.4 Å². The van der Waals surface area contributed by atoms with Gasteiger partial charge in [0.1, 0.15) is 24.3 Å². The number of allylic oxidation sites excluding steroid dienone is 1. The molecule has 2 amide bonds. The van der Waals surface area contributed by atoms with Crippen molar-refractivity contribution in [2.24, 2.45) is 0 Å². The maximum atomic E-state index is 14.9. The van der Waals surface area contributed by atoms with Crippen LogP contribution in [-0.2, 0) is 4.79 Å². The Hall–Kier alpha value is -1.77. The van der Waals surface area contributed by atoms with E-state index in [0.29, 0.717) is 6.08 Å². The molecule has 2 unspecified atom stereocenters. The molecule has 0 bridgehead atoms. The van der Waals surface area contributed by atoms with Gasteiger partial charge in [0.25, 0.3) is 5.91 Å². The van der Waals surface area contributed by atoms with Gasteiger partial charge in [-0.2, -0.15) is 26.3 Å². The van der Waals surface area contributed by atoms with Crippen molar-refractivity contribution >= 4 is 75.0 Å². The highest BCUT2D eigenvalue weighted by atomic mass is 127. The number of amides is 2. The predicted octanol–water partition coefficient (Wildman–Crippen LogP) is 7.70. The molecular formula is C22H15Cl3F7IN2O2. The van der Waals surface area contributed by atoms with E-state index in [4.69, 9.17) is 34.8 Å². The van der Waals surface area contributed by atoms with Crippen molar-refractivity contribution in [1.29, 1.82) is 0 Å². The van der Waals surface area contributed by atoms with E-state index in [-0.39, 0.29) is 29.8 Å². The first kappa shape index (κ1) is 31.4. The van der Waals surface area contributed by atoms with E-state index in [9.17, 15) is 40.3 Å². The molecule has 2 aromatic carbocycles. The summed E-state index contributed by atoms with van der Waals surface area (Å²) < 4.78 is 92.9. The van der Waals surface area contributed by atoms with Crippen LogP contribution in [-0.4, -0.2) is 36.8 Å². The second-order valence-electron chi connectivity index (χ2n) is 7.56. The normalized spacial score (nSPS) is 14.2. The Morgan fingerprint density at radius 2 is 1.59 bits per heavy atom. The summed E-state index contributed by atoms with van der Waals surface area (Å²) in [6.07, 6.45) is -9.25. The molecule has 0 heterocycles. The van der Waals surface area contributed by atoms with Gasteiger partial charge in [-0.15, -0.1) is 0 Å². The minimum atomic E-state index is -4.92. The summed E-state index contributed by atoms with van der Waals surface area (Å²) in [5, 5.41) is 3.15. The molecule has 2 aromatic rings. The lowest BCUT2D eigenvalue weighted by Crippen LogP contribution is -2.47. The molecule has 0 fully saturated rings. The fraction of sp³-hybridized carbons (Fsp3) is 0.273. The second-order valence-corrected chi connectivity index (χ2v) is 9.91. The zero-order chi connectivity index (χ0) is 28.3. The molecule has 2 atom stereocenters. The molecule has 202 valence electrons. The van der Waals surface area contributed by atoms with Gasteiger partial charge in [-0.05, 0) is 65.4 Å². The maximum absolute atomic E-state index is 14.9. The van der Waals surface area contributed by atoms with Gasteiger partial charge in [0.2, 0.25) is 5.91 Å². The Balaban J connectivity index is 2.27. The van der Waals surface area contributed by atoms with Crippen molar-refractivity contribution in [3.63, 3.8) is 0 Å². The summed E-state index contributed by atoms with van der Waals surface area (Å²) in [6.45, 7) is -0.433. The van der Waals surface area contributed by atoms with Crippen LogP contribution in [0.1, 0.15) is 34.3 Å². The highest BCUT2D eigenvalue weighted by Crippen LogP contribution is 2.42. The molecule has 37 heavy (non-hydrogen) atoms. The van der Waals surface area contributed by atoms with Crippen LogP contribution in [0.3, 0.4) is 0 Å². The number of rotatable bonds is 7. The quantitative estimate of drug-likeness (QED) is 0.176. The van der Waals surface area contributed by atoms with Gasteiger partial charge in [0.15, 0.2) is 0 Å². The van der Waals surface area contributed by atoms with E-state index in [1.54, 1.807) is 27.9 Å². The van der Waals surface area contributed by atoms with Crippen LogP contribution < -0.4 is 10.6 Å². The van der Waals surface area contributed by atoms with Crippen LogP contribution in [0, 0.1) is 3.57 Å². The zero-order valence-corrected chi connectivity index (χ0v) is 22.7. The molecule has 0 aliphatic rings. The lowest BCUT2D eigenvalue weighted by atomic mass is 9.96. The van der Waals surface area contributed by atoms with Crippen LogP contribution in [0.4, 0.5) is 30.7 Å². The number of benzene rings is 2. The zero-order valence-electron chi connectivity index (χ0n) is 18.3. The van der Waals surface area contributed by atoms with Crippen molar-refractivity contribution < 1.29 is 40.3 Å². The summed E-state index contributed by atoms with van der Waals surface area (Å²) in [6, 6.07) is 3.71. The molecule has 0 aromatic heterocycles. The molecular weight excluding hydrogens is 691 g/mol. The molecule has 0 aliphatic carbocycles. The van der Waals surface area contributed by atoms with E-state index in [0.717, 1.165) is 37.3 Å². The monoisotopic (exact) mass is 704 g/mol. The fourth-order valence-electron chi connectivity index (χ4n) is 2.91. The van der Waals surface area contributed by atoms with Gasteiger partial charge in [-0.1, -0.05) is 40.9 Å². The lowest BCUT2D eigenvalue weighted by Gasteiger charge is -2.19. The largest absolute Gasteiger partial charge is 0.405 e. The SMILES string of the molecule is CC(NC(=O)c1ccc(/C(F)=C/C(c2cc(Cl)c(Cl)c(Cl)c2)C(F)(F)F)cc1I)C(=O)NCC(F)(F)F. The molecule has 2 N–H and O–H groups in total. The first-order valence-corrected chi connectivity index (χ1v) is 12.2. The van der Waals surface area contributed by atoms with Crippen molar-refractivity contribution in [3.05, 3.63) is 71.7 Å². The molecule has 15 heteroatoms. The molecule has 0 aliphatic heterocycles. The first-order valence-electron chi connectivity index (χ1n) is 9.94. The second kappa shape index (κ2) is 12.4. The summed E-state index contributed by atoms with van der Waals surface area (Å²) in [5.74, 6) is -5.66. The smallest absolute Gasteiger partial charge is 0.345 e. The van der Waals surface area contributed by atoms with Gasteiger partial charge in [-0.3, -0.25) is 9.59 Å². The van der Waals surface area contributed by atoms with E-state index < -0.39 is 54.1 Å². The van der Waals surface area contributed by atoms with Gasteiger partial charge in [0.05, 0.1) is 20.6 Å². The van der Waals surface area contributed by atoms with Crippen molar-refractivity contribution in [1.82, 2.24) is 10.6 Å². The van der Waals surface area contributed by atoms with Crippen molar-refractivity contribution in [2.45, 2.75) is 31.2 Å². The number of halogens is 11. The summed E-state index contributed by atoms with van der Waals surface area (Å²) in [4.78, 5) is 24.2. The average Bonchev–Trinajstić information content (AvgIpc) is 2.77. The summed E-state index contributed by atoms with van der Waals surface area (Å²) in [7, 11) is 0. The fourth-order valence-corrected chi connectivity index (χ4v) is 4.28. The van der Waals surface area contributed by atoms with Gasteiger partial charge < -0.3 is 10.6 Å². The van der Waals surface area contributed by atoms with E-state index in [1.807, 2.05) is 0 Å². The standard InChI is InChI=1S/C22H15Cl3F7IN2O2/c1-9(19(36)34-8-21(27,28)29)35-20(37)12-3-2-10(6-17(12)33)16(26)7-13(22(30,31)32)11-4-14(23)18(25)15(24)5-11/h2-7,9,13H,8H2,1H3,(H,34,36)(H,35,37)/b16-7-. The number of carbonyl (C=O) groups excluding carboxylic acids is 2. The van der Waals surface area contributed by atoms with Crippen molar-refractivity contribution in [2.75, 3.05) is 6.54 Å². The maximum Gasteiger partial charge on any atom is 0.405 e. The number of hydrogen-bond donors (Lipinski definition) is 2. The van der Waals surface area contributed by atoms with E-state index in [1.165, 1.54) is 0 Å². The lowest BCUT2D eigenvalue weighted by molar-refractivity contribution is -0.139. The third-order valence-electron chi connectivity index (χ3n) is 4.72. The van der Waals surface area contributed by atoms with Crippen molar-refractivity contribution in [3.8, 4) is 0 Å². The molecule has 0 saturated carbocycles. The van der Waals surface area contributed by atoms with Crippen LogP contribution in [0.15, 0.2) is 36.4 Å². The molecule has 2 rings (SSSR count). The summed E-state index contributed by atoms with van der Waals surface area (Å²) in [5.41, 5.74) is -0.834. The highest BCUT2D eigenvalue weighted by molar-refractivity contribution is 14.1. The molecule has 0 spiro atoms. The molecule has 4 nitrogen and oxygen atoms in total. The Morgan fingerprint density at radius 1 is 1.03 bits per heavy atom. The van der Waals surface area contributed by atoms with E-state index >= 15 is 0 Å². The van der Waals surface area contributed by atoms with Gasteiger partial charge in [-0.25, -0.2) is 4.39 Å². The van der Waals surface area contributed by atoms with E-state index in [2.05, 4.69) is 5.32 Å². The molecule has 0 saturated heterocycles. The number of alkyl halides is 6. The Bertz CT molecular complexity index is 1200. The van der Waals surface area contributed by atoms with Gasteiger partial charge >= 0.3 is 12.4 Å². The minimum absolute atomic E-state index is 0.0868. The van der Waals surface area contributed by atoms with Gasteiger partial charge in [0, 0.05) is 9.13 Å². The summed E-state index contributed by atoms with van der Waals surface area (Å²) >= 11 is 19.0. The third kappa shape index (κ3) is 8.89. The third-order valence-corrected chi connectivity index (χ3v) is 6.81. The minimum Gasteiger partial charge on any atom is -0.345 e. The topological polar surface area (TPSA) is 58.2 Å². The highest BCUT2D eigenvalue weighted by Gasteiger charge is 2.40. The number of hydrogen-bond acceptors (Lipinski definition) is 2. The van der Waals surface area contributed by atoms with Crippen LogP contribution in [0.2, 0.25) is 15.1 Å². The average molecular weight is 706 g/mol.